The van der Waals surface area contributed by atoms with Crippen molar-refractivity contribution in [2.24, 2.45) is 5.92 Å². The largest absolute Gasteiger partial charge is 0.372 e. The van der Waals surface area contributed by atoms with Gasteiger partial charge in [0.05, 0.1) is 11.0 Å². The number of hydrogen-bond acceptors (Lipinski definition) is 3. The van der Waals surface area contributed by atoms with Gasteiger partial charge in [0.25, 0.3) is 5.69 Å². The first-order valence-corrected chi connectivity index (χ1v) is 7.21. The summed E-state index contributed by atoms with van der Waals surface area (Å²) in [6, 6.07) is 15.5. The lowest BCUT2D eigenvalue weighted by Crippen LogP contribution is -2.14. The average molecular weight is 282 g/mol. The molecule has 0 bridgehead atoms. The van der Waals surface area contributed by atoms with Gasteiger partial charge in [0, 0.05) is 6.07 Å². The minimum Gasteiger partial charge on any atom is -0.372 e. The highest BCUT2D eigenvalue weighted by molar-refractivity contribution is 5.63. The molecule has 4 nitrogen and oxygen atoms in total. The highest BCUT2D eigenvalue weighted by atomic mass is 16.6. The molecule has 108 valence electrons. The van der Waals surface area contributed by atoms with E-state index < -0.39 is 0 Å². The Kier molecular flexibility index (Phi) is 3.60. The zero-order valence-corrected chi connectivity index (χ0v) is 12.0. The monoisotopic (exact) mass is 282 g/mol. The Morgan fingerprint density at radius 2 is 1.90 bits per heavy atom. The normalized spacial score (nSPS) is 15.5. The van der Waals surface area contributed by atoms with Crippen molar-refractivity contribution >= 4 is 11.4 Å². The number of nitrogens with one attached hydrogen (secondary N) is 1. The Morgan fingerprint density at radius 1 is 1.19 bits per heavy atom. The molecule has 0 radical (unpaired) electrons. The zero-order valence-electron chi connectivity index (χ0n) is 12.0. The van der Waals surface area contributed by atoms with Crippen LogP contribution in [0.15, 0.2) is 48.5 Å². The second-order valence-corrected chi connectivity index (χ2v) is 5.65. The molecule has 0 aliphatic heterocycles. The summed E-state index contributed by atoms with van der Waals surface area (Å²) in [5, 5.41) is 14.6. The van der Waals surface area contributed by atoms with Gasteiger partial charge in [-0.15, -0.1) is 0 Å². The van der Waals surface area contributed by atoms with Gasteiger partial charge in [-0.05, 0) is 42.9 Å². The van der Waals surface area contributed by atoms with Crippen LogP contribution in [0, 0.1) is 23.0 Å². The molecule has 2 aromatic rings. The summed E-state index contributed by atoms with van der Waals surface area (Å²) in [7, 11) is 0. The highest BCUT2D eigenvalue weighted by Gasteiger charge is 2.33. The number of rotatable bonds is 5. The van der Waals surface area contributed by atoms with Crippen LogP contribution in [-0.2, 0) is 0 Å². The van der Waals surface area contributed by atoms with Gasteiger partial charge in [-0.2, -0.15) is 0 Å². The van der Waals surface area contributed by atoms with E-state index in [2.05, 4.69) is 17.4 Å². The smallest absolute Gasteiger partial charge is 0.292 e. The van der Waals surface area contributed by atoms with Crippen molar-refractivity contribution in [1.29, 1.82) is 0 Å². The Bertz CT molecular complexity index is 651. The van der Waals surface area contributed by atoms with Gasteiger partial charge >= 0.3 is 0 Å². The van der Waals surface area contributed by atoms with Gasteiger partial charge in [0.15, 0.2) is 0 Å². The summed E-state index contributed by atoms with van der Waals surface area (Å²) < 4.78 is 0. The number of nitro groups is 1. The zero-order chi connectivity index (χ0) is 14.8. The maximum Gasteiger partial charge on any atom is 0.292 e. The molecule has 0 aromatic heterocycles. The molecule has 1 N–H and O–H groups in total. The van der Waals surface area contributed by atoms with E-state index in [4.69, 9.17) is 0 Å². The molecule has 3 rings (SSSR count). The van der Waals surface area contributed by atoms with Crippen LogP contribution in [0.5, 0.6) is 0 Å². The fourth-order valence-corrected chi connectivity index (χ4v) is 2.66. The fraction of sp³-hybridized carbons (Fsp3) is 0.294. The van der Waals surface area contributed by atoms with Crippen molar-refractivity contribution in [1.82, 2.24) is 0 Å². The maximum absolute atomic E-state index is 11.2. The summed E-state index contributed by atoms with van der Waals surface area (Å²) >= 11 is 0. The predicted octanol–water partition coefficient (Wildman–Crippen LogP) is 4.47. The van der Waals surface area contributed by atoms with E-state index in [0.717, 1.165) is 5.56 Å². The number of aryl methyl sites for hydroxylation is 1. The van der Waals surface area contributed by atoms with Gasteiger partial charge in [-0.25, -0.2) is 0 Å². The summed E-state index contributed by atoms with van der Waals surface area (Å²) in [5.74, 6) is 0.563. The van der Waals surface area contributed by atoms with Gasteiger partial charge in [-0.1, -0.05) is 36.4 Å². The van der Waals surface area contributed by atoms with E-state index in [1.807, 2.05) is 31.2 Å². The minimum absolute atomic E-state index is 0.141. The Balaban J connectivity index is 1.93. The van der Waals surface area contributed by atoms with Crippen molar-refractivity contribution < 1.29 is 4.92 Å². The van der Waals surface area contributed by atoms with E-state index in [1.54, 1.807) is 12.1 Å². The number of benzene rings is 2. The lowest BCUT2D eigenvalue weighted by molar-refractivity contribution is -0.384. The highest BCUT2D eigenvalue weighted by Crippen LogP contribution is 2.44. The second-order valence-electron chi connectivity index (χ2n) is 5.65. The molecule has 1 atom stereocenters. The van der Waals surface area contributed by atoms with Crippen LogP contribution in [-0.4, -0.2) is 4.92 Å². The molecule has 1 fully saturated rings. The van der Waals surface area contributed by atoms with Crippen LogP contribution >= 0.6 is 0 Å². The molecule has 2 aromatic carbocycles. The summed E-state index contributed by atoms with van der Waals surface area (Å²) in [6.45, 7) is 1.95. The third-order valence-electron chi connectivity index (χ3n) is 3.91. The molecule has 0 heterocycles. The van der Waals surface area contributed by atoms with Crippen LogP contribution in [0.2, 0.25) is 0 Å². The summed E-state index contributed by atoms with van der Waals surface area (Å²) in [5.41, 5.74) is 2.96. The Labute approximate surface area is 124 Å². The van der Waals surface area contributed by atoms with Crippen molar-refractivity contribution in [3.05, 3.63) is 69.8 Å². The first-order chi connectivity index (χ1) is 10.1. The van der Waals surface area contributed by atoms with Crippen LogP contribution in [0.3, 0.4) is 0 Å². The lowest BCUT2D eigenvalue weighted by atomic mass is 10.0. The molecular formula is C17H18N2O2. The minimum atomic E-state index is -0.323. The maximum atomic E-state index is 11.2. The van der Waals surface area contributed by atoms with Crippen molar-refractivity contribution in [2.75, 3.05) is 5.32 Å². The third-order valence-corrected chi connectivity index (χ3v) is 3.91. The topological polar surface area (TPSA) is 55.2 Å². The molecular weight excluding hydrogens is 264 g/mol. The van der Waals surface area contributed by atoms with E-state index in [-0.39, 0.29) is 16.7 Å². The van der Waals surface area contributed by atoms with Crippen molar-refractivity contribution in [3.8, 4) is 0 Å². The quantitative estimate of drug-likeness (QED) is 0.650. The molecule has 1 aliphatic carbocycles. The molecule has 0 saturated heterocycles. The van der Waals surface area contributed by atoms with Crippen LogP contribution in [0.4, 0.5) is 11.4 Å². The average Bonchev–Trinajstić information content (AvgIpc) is 3.30. The lowest BCUT2D eigenvalue weighted by Gasteiger charge is -2.20. The molecule has 1 saturated carbocycles. The van der Waals surface area contributed by atoms with Crippen LogP contribution in [0.25, 0.3) is 0 Å². The first-order valence-electron chi connectivity index (χ1n) is 7.21. The van der Waals surface area contributed by atoms with Crippen molar-refractivity contribution in [3.63, 3.8) is 0 Å². The Morgan fingerprint density at radius 3 is 2.52 bits per heavy atom. The van der Waals surface area contributed by atoms with Crippen LogP contribution in [0.1, 0.15) is 30.0 Å². The molecule has 0 amide bonds. The fourth-order valence-electron chi connectivity index (χ4n) is 2.66. The van der Waals surface area contributed by atoms with Gasteiger partial charge < -0.3 is 5.32 Å². The number of anilines is 1. The van der Waals surface area contributed by atoms with Gasteiger partial charge in [-0.3, -0.25) is 10.1 Å². The Hall–Kier alpha value is -2.36. The predicted molar refractivity (Wildman–Crippen MR) is 83.4 cm³/mol. The van der Waals surface area contributed by atoms with Gasteiger partial charge in [0.2, 0.25) is 0 Å². The number of nitro benzene ring substituents is 1. The SMILES string of the molecule is Cc1ccc([N+](=O)[O-])c(NC(c2ccccc2)C2CC2)c1. The first kappa shape index (κ1) is 13.6. The molecule has 1 unspecified atom stereocenters. The second kappa shape index (κ2) is 5.56. The van der Waals surface area contributed by atoms with E-state index in [1.165, 1.54) is 18.4 Å². The number of hydrogen-bond donors (Lipinski definition) is 1. The van der Waals surface area contributed by atoms with E-state index in [9.17, 15) is 10.1 Å². The van der Waals surface area contributed by atoms with E-state index >= 15 is 0 Å². The van der Waals surface area contributed by atoms with E-state index in [0.29, 0.717) is 11.6 Å². The molecule has 1 aliphatic rings. The molecule has 21 heavy (non-hydrogen) atoms. The third kappa shape index (κ3) is 3.05. The molecule has 4 heteroatoms. The summed E-state index contributed by atoms with van der Waals surface area (Å²) in [6.07, 6.45) is 2.35. The van der Waals surface area contributed by atoms with Crippen LogP contribution < -0.4 is 5.32 Å². The molecule has 0 spiro atoms. The standard InChI is InChI=1S/C17H18N2O2/c1-12-7-10-16(19(20)21)15(11-12)18-17(14-8-9-14)13-5-3-2-4-6-13/h2-7,10-11,14,17-18H,8-9H2,1H3. The number of nitrogens with zero attached hydrogens (tertiary/aromatic N) is 1. The summed E-state index contributed by atoms with van der Waals surface area (Å²) in [4.78, 5) is 10.9. The van der Waals surface area contributed by atoms with Crippen molar-refractivity contribution in [2.45, 2.75) is 25.8 Å². The van der Waals surface area contributed by atoms with Gasteiger partial charge in [0.1, 0.15) is 5.69 Å².